The summed E-state index contributed by atoms with van der Waals surface area (Å²) < 4.78 is 10.5. The van der Waals surface area contributed by atoms with Gasteiger partial charge < -0.3 is 15.2 Å². The Balaban J connectivity index is 1.78. The molecule has 0 atom stereocenters. The molecule has 0 radical (unpaired) electrons. The maximum Gasteiger partial charge on any atom is 0.293 e. The number of rotatable bonds is 7. The van der Waals surface area contributed by atoms with Crippen LogP contribution >= 0.6 is 23.4 Å². The van der Waals surface area contributed by atoms with Crippen molar-refractivity contribution < 1.29 is 23.9 Å². The summed E-state index contributed by atoms with van der Waals surface area (Å²) in [6.45, 7) is -0.109. The number of hydrogen-bond donors (Lipinski definition) is 1. The molecule has 2 aromatic rings. The van der Waals surface area contributed by atoms with Gasteiger partial charge in [-0.1, -0.05) is 29.8 Å². The first-order valence-corrected chi connectivity index (χ1v) is 9.66. The zero-order chi connectivity index (χ0) is 21.0. The number of carbonyl (C=O) groups is 3. The molecule has 2 N–H and O–H groups in total. The van der Waals surface area contributed by atoms with Crippen LogP contribution < -0.4 is 15.2 Å². The van der Waals surface area contributed by atoms with E-state index in [-0.39, 0.29) is 24.3 Å². The topological polar surface area (TPSA) is 98.9 Å². The van der Waals surface area contributed by atoms with Crippen LogP contribution in [0.4, 0.5) is 4.79 Å². The maximum absolute atomic E-state index is 12.7. The third-order valence-corrected chi connectivity index (χ3v) is 5.14. The first-order chi connectivity index (χ1) is 13.9. The summed E-state index contributed by atoms with van der Waals surface area (Å²) in [5, 5.41) is 0.240. The zero-order valence-electron chi connectivity index (χ0n) is 15.4. The molecule has 2 aromatic carbocycles. The van der Waals surface area contributed by atoms with Gasteiger partial charge in [0, 0.05) is 5.02 Å². The Bertz CT molecular complexity index is 991. The van der Waals surface area contributed by atoms with E-state index in [1.807, 2.05) is 0 Å². The fourth-order valence-corrected chi connectivity index (χ4v) is 3.57. The van der Waals surface area contributed by atoms with Crippen LogP contribution in [0.25, 0.3) is 6.08 Å². The molecule has 1 aliphatic heterocycles. The summed E-state index contributed by atoms with van der Waals surface area (Å²) in [5.41, 5.74) is 6.52. The highest BCUT2D eigenvalue weighted by Gasteiger charge is 2.35. The second-order valence-corrected chi connectivity index (χ2v) is 7.49. The van der Waals surface area contributed by atoms with Crippen LogP contribution in [0.3, 0.4) is 0 Å². The van der Waals surface area contributed by atoms with Crippen LogP contribution in [-0.4, -0.2) is 35.7 Å². The molecule has 0 spiro atoms. The van der Waals surface area contributed by atoms with Gasteiger partial charge in [-0.05, 0) is 53.2 Å². The molecule has 9 heteroatoms. The minimum Gasteiger partial charge on any atom is -0.493 e. The molecular formula is C20H17ClN2O5S. The molecule has 0 aromatic heterocycles. The number of benzene rings is 2. The number of imide groups is 1. The van der Waals surface area contributed by atoms with Crippen molar-refractivity contribution in [2.45, 2.75) is 6.54 Å². The molecule has 3 amide bonds. The van der Waals surface area contributed by atoms with Crippen LogP contribution in [0.2, 0.25) is 5.02 Å². The SMILES string of the molecule is COc1cc(/C=C2\SC(=O)N(Cc3ccc(Cl)cc3)C2=O)ccc1OCC(N)=O. The summed E-state index contributed by atoms with van der Waals surface area (Å²) in [6, 6.07) is 11.9. The molecule has 29 heavy (non-hydrogen) atoms. The van der Waals surface area contributed by atoms with Crippen LogP contribution in [0.1, 0.15) is 11.1 Å². The number of methoxy groups -OCH3 is 1. The van der Waals surface area contributed by atoms with Crippen molar-refractivity contribution in [1.29, 1.82) is 0 Å². The third kappa shape index (κ3) is 5.10. The highest BCUT2D eigenvalue weighted by molar-refractivity contribution is 8.18. The van der Waals surface area contributed by atoms with E-state index in [4.69, 9.17) is 26.8 Å². The van der Waals surface area contributed by atoms with Gasteiger partial charge in [-0.15, -0.1) is 0 Å². The number of amides is 3. The quantitative estimate of drug-likeness (QED) is 0.673. The molecule has 1 heterocycles. The second kappa shape index (κ2) is 9.02. The number of primary amides is 1. The Morgan fingerprint density at radius 1 is 1.17 bits per heavy atom. The number of nitrogens with two attached hydrogens (primary N) is 1. The molecule has 0 saturated carbocycles. The van der Waals surface area contributed by atoms with Crippen molar-refractivity contribution in [3.8, 4) is 11.5 Å². The fraction of sp³-hybridized carbons (Fsp3) is 0.150. The Kier molecular flexibility index (Phi) is 6.46. The van der Waals surface area contributed by atoms with Crippen molar-refractivity contribution in [3.63, 3.8) is 0 Å². The summed E-state index contributed by atoms with van der Waals surface area (Å²) in [7, 11) is 1.45. The van der Waals surface area contributed by atoms with Gasteiger partial charge in [-0.25, -0.2) is 0 Å². The van der Waals surface area contributed by atoms with Crippen molar-refractivity contribution in [2.75, 3.05) is 13.7 Å². The highest BCUT2D eigenvalue weighted by atomic mass is 35.5. The van der Waals surface area contributed by atoms with E-state index in [2.05, 4.69) is 0 Å². The predicted molar refractivity (Wildman–Crippen MR) is 111 cm³/mol. The normalized spacial score (nSPS) is 15.1. The standard InChI is InChI=1S/C20H17ClN2O5S/c1-27-16-8-13(4-7-15(16)28-11-18(22)24)9-17-19(25)23(20(26)29-17)10-12-2-5-14(21)6-3-12/h2-9H,10-11H2,1H3,(H2,22,24)/b17-9-. The average Bonchev–Trinajstić information content (AvgIpc) is 2.95. The van der Waals surface area contributed by atoms with E-state index < -0.39 is 5.91 Å². The molecular weight excluding hydrogens is 416 g/mol. The van der Waals surface area contributed by atoms with E-state index >= 15 is 0 Å². The molecule has 1 saturated heterocycles. The lowest BCUT2D eigenvalue weighted by Crippen LogP contribution is -2.27. The number of ether oxygens (including phenoxy) is 2. The van der Waals surface area contributed by atoms with Gasteiger partial charge in [0.05, 0.1) is 18.6 Å². The lowest BCUT2D eigenvalue weighted by Gasteiger charge is -2.12. The molecule has 150 valence electrons. The van der Waals surface area contributed by atoms with Gasteiger partial charge in [-0.2, -0.15) is 0 Å². The van der Waals surface area contributed by atoms with Crippen molar-refractivity contribution in [3.05, 3.63) is 63.5 Å². The molecule has 0 aliphatic carbocycles. The van der Waals surface area contributed by atoms with Crippen LogP contribution in [0.5, 0.6) is 11.5 Å². The van der Waals surface area contributed by atoms with E-state index in [0.29, 0.717) is 27.0 Å². The Labute approximate surface area is 176 Å². The van der Waals surface area contributed by atoms with Gasteiger partial charge in [0.1, 0.15) is 0 Å². The Morgan fingerprint density at radius 3 is 2.55 bits per heavy atom. The minimum absolute atomic E-state index is 0.169. The fourth-order valence-electron chi connectivity index (χ4n) is 2.60. The van der Waals surface area contributed by atoms with Crippen LogP contribution in [-0.2, 0) is 16.1 Å². The largest absolute Gasteiger partial charge is 0.493 e. The molecule has 3 rings (SSSR count). The summed E-state index contributed by atoms with van der Waals surface area (Å²) in [6.07, 6.45) is 1.60. The molecule has 0 unspecified atom stereocenters. The first-order valence-electron chi connectivity index (χ1n) is 8.46. The highest BCUT2D eigenvalue weighted by Crippen LogP contribution is 2.35. The molecule has 1 fully saturated rings. The summed E-state index contributed by atoms with van der Waals surface area (Å²) in [4.78, 5) is 37.3. The van der Waals surface area contributed by atoms with Gasteiger partial charge in [-0.3, -0.25) is 19.3 Å². The molecule has 7 nitrogen and oxygen atoms in total. The maximum atomic E-state index is 12.7. The zero-order valence-corrected chi connectivity index (χ0v) is 17.0. The van der Waals surface area contributed by atoms with E-state index in [9.17, 15) is 14.4 Å². The van der Waals surface area contributed by atoms with E-state index in [0.717, 1.165) is 17.3 Å². The Hall–Kier alpha value is -2.97. The lowest BCUT2D eigenvalue weighted by atomic mass is 10.1. The van der Waals surface area contributed by atoms with Crippen molar-refractivity contribution in [2.24, 2.45) is 5.73 Å². The van der Waals surface area contributed by atoms with E-state index in [1.54, 1.807) is 48.5 Å². The van der Waals surface area contributed by atoms with Gasteiger partial charge in [0.2, 0.25) is 0 Å². The number of halogens is 1. The second-order valence-electron chi connectivity index (χ2n) is 6.06. The van der Waals surface area contributed by atoms with Crippen LogP contribution in [0, 0.1) is 0 Å². The van der Waals surface area contributed by atoms with Crippen molar-refractivity contribution >= 4 is 46.5 Å². The smallest absolute Gasteiger partial charge is 0.293 e. The molecule has 0 bridgehead atoms. The van der Waals surface area contributed by atoms with E-state index in [1.165, 1.54) is 12.0 Å². The molecule has 1 aliphatic rings. The summed E-state index contributed by atoms with van der Waals surface area (Å²) in [5.74, 6) is -0.256. The predicted octanol–water partition coefficient (Wildman–Crippen LogP) is 3.45. The van der Waals surface area contributed by atoms with Crippen LogP contribution in [0.15, 0.2) is 47.4 Å². The van der Waals surface area contributed by atoms with Gasteiger partial charge in [0.15, 0.2) is 18.1 Å². The third-order valence-electron chi connectivity index (χ3n) is 3.98. The van der Waals surface area contributed by atoms with Gasteiger partial charge >= 0.3 is 0 Å². The monoisotopic (exact) mass is 432 g/mol. The van der Waals surface area contributed by atoms with Gasteiger partial charge in [0.25, 0.3) is 17.1 Å². The first kappa shape index (κ1) is 20.8. The minimum atomic E-state index is -0.606. The van der Waals surface area contributed by atoms with Crippen molar-refractivity contribution in [1.82, 2.24) is 4.90 Å². The number of hydrogen-bond acceptors (Lipinski definition) is 6. The summed E-state index contributed by atoms with van der Waals surface area (Å²) >= 11 is 6.74. The average molecular weight is 433 g/mol. The lowest BCUT2D eigenvalue weighted by molar-refractivity contribution is -0.123. The number of carbonyl (C=O) groups excluding carboxylic acids is 3. The number of thioether (sulfide) groups is 1. The Morgan fingerprint density at radius 2 is 1.90 bits per heavy atom. The number of nitrogens with zero attached hydrogens (tertiary/aromatic N) is 1.